The molecule has 0 saturated heterocycles. The molecule has 0 aliphatic rings. The Morgan fingerprint density at radius 2 is 1.84 bits per heavy atom. The summed E-state index contributed by atoms with van der Waals surface area (Å²) in [6.45, 7) is 2.53. The third kappa shape index (κ3) is 5.46. The normalized spacial score (nSPS) is 10.9. The SMILES string of the molecule is Cc1cc(Cl)ccc1OCc1ccc(C(=O)Nc2ccn(Cc3ccc(Cl)cc3Cl)n2)o1. The van der Waals surface area contributed by atoms with Crippen LogP contribution in [0.15, 0.2) is 65.2 Å². The van der Waals surface area contributed by atoms with Crippen molar-refractivity contribution in [2.75, 3.05) is 5.32 Å². The Hall–Kier alpha value is -2.93. The molecule has 2 heterocycles. The van der Waals surface area contributed by atoms with Gasteiger partial charge in [0.15, 0.2) is 11.6 Å². The average Bonchev–Trinajstić information content (AvgIpc) is 3.39. The zero-order valence-electron chi connectivity index (χ0n) is 16.9. The molecule has 0 spiro atoms. The highest BCUT2D eigenvalue weighted by Gasteiger charge is 2.14. The maximum Gasteiger partial charge on any atom is 0.292 e. The Morgan fingerprint density at radius 3 is 2.62 bits per heavy atom. The molecule has 2 aromatic heterocycles. The second kappa shape index (κ2) is 9.69. The molecule has 0 unspecified atom stereocenters. The van der Waals surface area contributed by atoms with E-state index in [9.17, 15) is 4.79 Å². The fourth-order valence-electron chi connectivity index (χ4n) is 3.02. The van der Waals surface area contributed by atoms with E-state index in [0.29, 0.717) is 38.9 Å². The smallest absolute Gasteiger partial charge is 0.292 e. The average molecular weight is 491 g/mol. The van der Waals surface area contributed by atoms with Gasteiger partial charge in [0.25, 0.3) is 5.91 Å². The van der Waals surface area contributed by atoms with E-state index in [0.717, 1.165) is 11.1 Å². The van der Waals surface area contributed by atoms with Crippen molar-refractivity contribution in [3.8, 4) is 5.75 Å². The van der Waals surface area contributed by atoms with Gasteiger partial charge in [-0.2, -0.15) is 5.10 Å². The van der Waals surface area contributed by atoms with Crippen LogP contribution in [0.4, 0.5) is 5.82 Å². The monoisotopic (exact) mass is 489 g/mol. The molecule has 4 aromatic rings. The highest BCUT2D eigenvalue weighted by Crippen LogP contribution is 2.24. The molecule has 164 valence electrons. The number of carbonyl (C=O) groups excluding carboxylic acids is 1. The lowest BCUT2D eigenvalue weighted by atomic mass is 10.2. The number of hydrogen-bond acceptors (Lipinski definition) is 4. The van der Waals surface area contributed by atoms with Crippen LogP contribution in [0.2, 0.25) is 15.1 Å². The number of nitrogens with one attached hydrogen (secondary N) is 1. The Morgan fingerprint density at radius 1 is 1.06 bits per heavy atom. The molecule has 2 aromatic carbocycles. The van der Waals surface area contributed by atoms with Crippen molar-refractivity contribution < 1.29 is 13.9 Å². The highest BCUT2D eigenvalue weighted by atomic mass is 35.5. The summed E-state index contributed by atoms with van der Waals surface area (Å²) in [7, 11) is 0. The lowest BCUT2D eigenvalue weighted by molar-refractivity contribution is 0.0992. The number of nitrogens with zero attached hydrogens (tertiary/aromatic N) is 2. The van der Waals surface area contributed by atoms with Gasteiger partial charge in [0.1, 0.15) is 18.1 Å². The number of rotatable bonds is 7. The van der Waals surface area contributed by atoms with E-state index in [1.165, 1.54) is 0 Å². The summed E-state index contributed by atoms with van der Waals surface area (Å²) in [5.41, 5.74) is 1.78. The number of hydrogen-bond donors (Lipinski definition) is 1. The number of amides is 1. The van der Waals surface area contributed by atoms with Crippen molar-refractivity contribution in [2.24, 2.45) is 0 Å². The number of aryl methyl sites for hydroxylation is 1. The van der Waals surface area contributed by atoms with Gasteiger partial charge in [-0.25, -0.2) is 0 Å². The quantitative estimate of drug-likeness (QED) is 0.316. The lowest BCUT2D eigenvalue weighted by Crippen LogP contribution is -2.12. The molecule has 4 rings (SSSR count). The number of anilines is 1. The van der Waals surface area contributed by atoms with Crippen LogP contribution in [0.25, 0.3) is 0 Å². The first-order valence-corrected chi connectivity index (χ1v) is 10.8. The van der Waals surface area contributed by atoms with E-state index >= 15 is 0 Å². The molecule has 0 saturated carbocycles. The van der Waals surface area contributed by atoms with Gasteiger partial charge in [0.2, 0.25) is 0 Å². The third-order valence-electron chi connectivity index (χ3n) is 4.62. The minimum atomic E-state index is -0.409. The molecule has 6 nitrogen and oxygen atoms in total. The van der Waals surface area contributed by atoms with Crippen LogP contribution in [0.1, 0.15) is 27.4 Å². The van der Waals surface area contributed by atoms with Crippen molar-refractivity contribution in [1.82, 2.24) is 9.78 Å². The van der Waals surface area contributed by atoms with Crippen molar-refractivity contribution >= 4 is 46.5 Å². The zero-order chi connectivity index (χ0) is 22.7. The van der Waals surface area contributed by atoms with Gasteiger partial charge < -0.3 is 14.5 Å². The van der Waals surface area contributed by atoms with E-state index in [1.807, 2.05) is 19.1 Å². The molecule has 0 radical (unpaired) electrons. The predicted octanol–water partition coefficient (Wildman–Crippen LogP) is 6.62. The van der Waals surface area contributed by atoms with Crippen molar-refractivity contribution in [3.63, 3.8) is 0 Å². The van der Waals surface area contributed by atoms with Gasteiger partial charge in [-0.05, 0) is 60.5 Å². The number of aromatic nitrogens is 2. The molecule has 1 amide bonds. The molecule has 32 heavy (non-hydrogen) atoms. The fraction of sp³-hybridized carbons (Fsp3) is 0.130. The molecule has 9 heteroatoms. The van der Waals surface area contributed by atoms with Crippen LogP contribution in [-0.2, 0) is 13.2 Å². The molecule has 0 atom stereocenters. The summed E-state index contributed by atoms with van der Waals surface area (Å²) in [4.78, 5) is 12.5. The first kappa shape index (κ1) is 22.3. The van der Waals surface area contributed by atoms with Crippen LogP contribution in [0, 0.1) is 6.92 Å². The first-order chi connectivity index (χ1) is 15.4. The molecule has 0 aliphatic heterocycles. The molecule has 0 aliphatic carbocycles. The molecule has 1 N–H and O–H groups in total. The Bertz CT molecular complexity index is 1270. The number of halogens is 3. The van der Waals surface area contributed by atoms with E-state index in [2.05, 4.69) is 10.4 Å². The largest absolute Gasteiger partial charge is 0.485 e. The van der Waals surface area contributed by atoms with Crippen molar-refractivity contribution in [2.45, 2.75) is 20.1 Å². The predicted molar refractivity (Wildman–Crippen MR) is 125 cm³/mol. The summed E-state index contributed by atoms with van der Waals surface area (Å²) in [6, 6.07) is 15.6. The van der Waals surface area contributed by atoms with Crippen LogP contribution in [0.3, 0.4) is 0 Å². The van der Waals surface area contributed by atoms with E-state index in [4.69, 9.17) is 44.0 Å². The molecular weight excluding hydrogens is 473 g/mol. The van der Waals surface area contributed by atoms with Crippen LogP contribution >= 0.6 is 34.8 Å². The van der Waals surface area contributed by atoms with Gasteiger partial charge in [0, 0.05) is 27.3 Å². The van der Waals surface area contributed by atoms with Gasteiger partial charge in [0.05, 0.1) is 6.54 Å². The molecule has 0 fully saturated rings. The topological polar surface area (TPSA) is 69.3 Å². The second-order valence-corrected chi connectivity index (χ2v) is 8.33. The van der Waals surface area contributed by atoms with E-state index in [-0.39, 0.29) is 12.4 Å². The summed E-state index contributed by atoms with van der Waals surface area (Å²) < 4.78 is 13.0. The van der Waals surface area contributed by atoms with Crippen molar-refractivity contribution in [3.05, 3.63) is 98.5 Å². The maximum atomic E-state index is 12.5. The summed E-state index contributed by atoms with van der Waals surface area (Å²) in [6.07, 6.45) is 1.75. The summed E-state index contributed by atoms with van der Waals surface area (Å²) >= 11 is 18.1. The lowest BCUT2D eigenvalue weighted by Gasteiger charge is -2.07. The van der Waals surface area contributed by atoms with E-state index in [1.54, 1.807) is 53.3 Å². The zero-order valence-corrected chi connectivity index (χ0v) is 19.2. The highest BCUT2D eigenvalue weighted by molar-refractivity contribution is 6.35. The van der Waals surface area contributed by atoms with Crippen molar-refractivity contribution in [1.29, 1.82) is 0 Å². The molecular formula is C23H18Cl3N3O3. The minimum absolute atomic E-state index is 0.159. The van der Waals surface area contributed by atoms with Gasteiger partial charge in [-0.1, -0.05) is 40.9 Å². The van der Waals surface area contributed by atoms with Crippen LogP contribution < -0.4 is 10.1 Å². The van der Waals surface area contributed by atoms with Crippen LogP contribution in [0.5, 0.6) is 5.75 Å². The minimum Gasteiger partial charge on any atom is -0.485 e. The van der Waals surface area contributed by atoms with Gasteiger partial charge in [-0.3, -0.25) is 9.48 Å². The summed E-state index contributed by atoms with van der Waals surface area (Å²) in [5, 5.41) is 8.83. The maximum absolute atomic E-state index is 12.5. The number of furan rings is 1. The number of carbonyl (C=O) groups is 1. The Kier molecular flexibility index (Phi) is 6.74. The Labute approximate surface area is 199 Å². The second-order valence-electron chi connectivity index (χ2n) is 7.05. The third-order valence-corrected chi connectivity index (χ3v) is 5.44. The number of benzene rings is 2. The first-order valence-electron chi connectivity index (χ1n) is 9.64. The standard InChI is InChI=1S/C23H18Cl3N3O3/c1-14-10-16(24)4-6-20(14)31-13-18-5-7-21(32-18)23(30)27-22-8-9-29(28-22)12-15-2-3-17(25)11-19(15)26/h2-11H,12-13H2,1H3,(H,27,28,30). The van der Waals surface area contributed by atoms with Gasteiger partial charge >= 0.3 is 0 Å². The van der Waals surface area contributed by atoms with Crippen LogP contribution in [-0.4, -0.2) is 15.7 Å². The van der Waals surface area contributed by atoms with Gasteiger partial charge in [-0.15, -0.1) is 0 Å². The van der Waals surface area contributed by atoms with E-state index < -0.39 is 5.91 Å². The molecule has 0 bridgehead atoms. The number of ether oxygens (including phenoxy) is 1. The summed E-state index contributed by atoms with van der Waals surface area (Å²) in [5.74, 6) is 1.36. The fourth-order valence-corrected chi connectivity index (χ4v) is 3.71. The Balaban J connectivity index is 1.35.